The van der Waals surface area contributed by atoms with Crippen LogP contribution in [0, 0.1) is 17.8 Å². The summed E-state index contributed by atoms with van der Waals surface area (Å²) in [5.41, 5.74) is 7.69. The van der Waals surface area contributed by atoms with Crippen molar-refractivity contribution in [2.45, 2.75) is 25.7 Å². The highest BCUT2D eigenvalue weighted by atomic mass is 35.5. The van der Waals surface area contributed by atoms with E-state index in [4.69, 9.17) is 17.3 Å². The molecule has 1 aromatic carbocycles. The quantitative estimate of drug-likeness (QED) is 0.775. The van der Waals surface area contributed by atoms with Crippen LogP contribution in [0.25, 0.3) is 0 Å². The highest BCUT2D eigenvalue weighted by molar-refractivity contribution is 6.30. The Bertz CT molecular complexity index is 708. The van der Waals surface area contributed by atoms with Gasteiger partial charge in [-0.25, -0.2) is 4.98 Å². The van der Waals surface area contributed by atoms with Gasteiger partial charge in [-0.05, 0) is 79.8 Å². The van der Waals surface area contributed by atoms with Gasteiger partial charge in [0.25, 0.3) is 0 Å². The van der Waals surface area contributed by atoms with Gasteiger partial charge in [0.05, 0.1) is 11.9 Å². The Morgan fingerprint density at radius 3 is 2.58 bits per heavy atom. The molecule has 0 spiro atoms. The van der Waals surface area contributed by atoms with E-state index in [1.165, 1.54) is 44.5 Å². The minimum atomic E-state index is 0.711. The summed E-state index contributed by atoms with van der Waals surface area (Å²) in [6.45, 7) is 3.34. The molecule has 138 valence electrons. The molecule has 4 rings (SSSR count). The first-order valence-corrected chi connectivity index (χ1v) is 10.0. The molecule has 26 heavy (non-hydrogen) atoms. The van der Waals surface area contributed by atoms with Crippen molar-refractivity contribution >= 4 is 28.8 Å². The van der Waals surface area contributed by atoms with Crippen LogP contribution in [0.1, 0.15) is 25.7 Å². The fourth-order valence-corrected chi connectivity index (χ4v) is 4.44. The molecule has 5 heteroatoms. The molecular weight excluding hydrogens is 344 g/mol. The molecule has 0 bridgehead atoms. The molecule has 1 aromatic heterocycles. The Morgan fingerprint density at radius 1 is 1.12 bits per heavy atom. The molecule has 3 N–H and O–H groups in total. The zero-order valence-electron chi connectivity index (χ0n) is 15.1. The number of nitrogens with one attached hydrogen (secondary N) is 1. The first-order valence-electron chi connectivity index (χ1n) is 9.65. The molecule has 0 radical (unpaired) electrons. The molecule has 2 heterocycles. The molecule has 4 nitrogen and oxygen atoms in total. The Balaban J connectivity index is 1.18. The van der Waals surface area contributed by atoms with E-state index < -0.39 is 0 Å². The van der Waals surface area contributed by atoms with Crippen LogP contribution < -0.4 is 16.0 Å². The van der Waals surface area contributed by atoms with Crippen LogP contribution in [0.3, 0.4) is 0 Å². The molecular formula is C21H27ClN4. The number of halogens is 1. The second-order valence-corrected chi connectivity index (χ2v) is 8.09. The van der Waals surface area contributed by atoms with Gasteiger partial charge in [-0.2, -0.15) is 0 Å². The van der Waals surface area contributed by atoms with E-state index in [2.05, 4.69) is 27.3 Å². The van der Waals surface area contributed by atoms with E-state index in [0.717, 1.165) is 35.1 Å². The molecule has 2 atom stereocenters. The summed E-state index contributed by atoms with van der Waals surface area (Å²) in [5.74, 6) is 3.65. The lowest BCUT2D eigenvalue weighted by Gasteiger charge is -2.34. The van der Waals surface area contributed by atoms with Crippen LogP contribution >= 0.6 is 11.6 Å². The second kappa shape index (κ2) is 7.75. The van der Waals surface area contributed by atoms with E-state index in [9.17, 15) is 0 Å². The summed E-state index contributed by atoms with van der Waals surface area (Å²) in [6, 6.07) is 12.1. The number of hydrogen-bond donors (Lipinski definition) is 2. The SMILES string of the molecule is Nc1ccc(NCC[C@@H]2C[C@@H]2C2CCN(c3ccc(Cl)cc3)CC2)nc1. The third-order valence-corrected chi connectivity index (χ3v) is 6.17. The van der Waals surface area contributed by atoms with Crippen molar-refractivity contribution in [2.75, 3.05) is 35.6 Å². The smallest absolute Gasteiger partial charge is 0.126 e. The molecule has 0 unspecified atom stereocenters. The summed E-state index contributed by atoms with van der Waals surface area (Å²) >= 11 is 5.99. The predicted molar refractivity (Wildman–Crippen MR) is 110 cm³/mol. The highest BCUT2D eigenvalue weighted by Gasteiger charge is 2.42. The fraction of sp³-hybridized carbons (Fsp3) is 0.476. The van der Waals surface area contributed by atoms with Gasteiger partial charge in [0.1, 0.15) is 5.82 Å². The van der Waals surface area contributed by atoms with E-state index in [-0.39, 0.29) is 0 Å². The van der Waals surface area contributed by atoms with Gasteiger partial charge in [0.15, 0.2) is 0 Å². The van der Waals surface area contributed by atoms with Crippen molar-refractivity contribution in [3.05, 3.63) is 47.6 Å². The molecule has 0 amide bonds. The topological polar surface area (TPSA) is 54.2 Å². The highest BCUT2D eigenvalue weighted by Crippen LogP contribution is 2.49. The standard InChI is InChI=1S/C21H27ClN4/c22-17-1-4-19(5-2-17)26-11-8-15(9-12-26)20-13-16(20)7-10-24-21-6-3-18(23)14-25-21/h1-6,14-16,20H,7-13,23H2,(H,24,25)/t16-,20-/m1/s1. The maximum atomic E-state index is 5.99. The molecule has 1 saturated heterocycles. The van der Waals surface area contributed by atoms with Crippen LogP contribution in [-0.2, 0) is 0 Å². The van der Waals surface area contributed by atoms with Gasteiger partial charge in [-0.15, -0.1) is 0 Å². The maximum Gasteiger partial charge on any atom is 0.126 e. The number of aromatic nitrogens is 1. The number of nitrogens with zero attached hydrogens (tertiary/aromatic N) is 2. The number of piperidine rings is 1. The lowest BCUT2D eigenvalue weighted by Crippen LogP contribution is -2.34. The second-order valence-electron chi connectivity index (χ2n) is 7.65. The van der Waals surface area contributed by atoms with Gasteiger partial charge < -0.3 is 16.0 Å². The molecule has 2 aromatic rings. The normalized spacial score (nSPS) is 23.0. The Kier molecular flexibility index (Phi) is 5.21. The zero-order valence-corrected chi connectivity index (χ0v) is 15.8. The maximum absolute atomic E-state index is 5.99. The number of benzene rings is 1. The monoisotopic (exact) mass is 370 g/mol. The number of nitrogen functional groups attached to an aromatic ring is 1. The Hall–Kier alpha value is -1.94. The fourth-order valence-electron chi connectivity index (χ4n) is 4.31. The Labute approximate surface area is 160 Å². The third kappa shape index (κ3) is 4.24. The van der Waals surface area contributed by atoms with Crippen molar-refractivity contribution < 1.29 is 0 Å². The van der Waals surface area contributed by atoms with Crippen molar-refractivity contribution in [1.82, 2.24) is 4.98 Å². The lowest BCUT2D eigenvalue weighted by atomic mass is 9.90. The van der Waals surface area contributed by atoms with Crippen molar-refractivity contribution in [3.63, 3.8) is 0 Å². The van der Waals surface area contributed by atoms with Crippen LogP contribution in [-0.4, -0.2) is 24.6 Å². The van der Waals surface area contributed by atoms with Gasteiger partial charge in [0.2, 0.25) is 0 Å². The zero-order chi connectivity index (χ0) is 17.9. The molecule has 2 aliphatic rings. The average Bonchev–Trinajstić information content (AvgIpc) is 3.44. The van der Waals surface area contributed by atoms with E-state index in [1.807, 2.05) is 24.3 Å². The number of nitrogens with two attached hydrogens (primary N) is 1. The van der Waals surface area contributed by atoms with Crippen LogP contribution in [0.4, 0.5) is 17.2 Å². The van der Waals surface area contributed by atoms with E-state index >= 15 is 0 Å². The predicted octanol–water partition coefficient (Wildman–Crippen LogP) is 4.67. The third-order valence-electron chi connectivity index (χ3n) is 5.92. The minimum absolute atomic E-state index is 0.711. The average molecular weight is 371 g/mol. The summed E-state index contributed by atoms with van der Waals surface area (Å²) in [4.78, 5) is 6.80. The summed E-state index contributed by atoms with van der Waals surface area (Å²) in [5, 5.41) is 4.23. The van der Waals surface area contributed by atoms with Gasteiger partial charge in [-0.3, -0.25) is 0 Å². The van der Waals surface area contributed by atoms with E-state index in [0.29, 0.717) is 5.69 Å². The van der Waals surface area contributed by atoms with Crippen molar-refractivity contribution in [3.8, 4) is 0 Å². The number of hydrogen-bond acceptors (Lipinski definition) is 4. The number of rotatable bonds is 6. The van der Waals surface area contributed by atoms with Gasteiger partial charge in [0, 0.05) is 30.3 Å². The number of pyridine rings is 1. The molecule has 1 saturated carbocycles. The first kappa shape index (κ1) is 17.5. The summed E-state index contributed by atoms with van der Waals surface area (Å²) < 4.78 is 0. The van der Waals surface area contributed by atoms with E-state index in [1.54, 1.807) is 6.20 Å². The summed E-state index contributed by atoms with van der Waals surface area (Å²) in [6.07, 6.45) is 6.99. The summed E-state index contributed by atoms with van der Waals surface area (Å²) in [7, 11) is 0. The largest absolute Gasteiger partial charge is 0.397 e. The van der Waals surface area contributed by atoms with Crippen LogP contribution in [0.5, 0.6) is 0 Å². The first-order chi connectivity index (χ1) is 12.7. The molecule has 2 fully saturated rings. The molecule has 1 aliphatic heterocycles. The Morgan fingerprint density at radius 2 is 1.88 bits per heavy atom. The van der Waals surface area contributed by atoms with Crippen LogP contribution in [0.15, 0.2) is 42.6 Å². The minimum Gasteiger partial charge on any atom is -0.397 e. The molecule has 1 aliphatic carbocycles. The number of anilines is 3. The van der Waals surface area contributed by atoms with Gasteiger partial charge >= 0.3 is 0 Å². The van der Waals surface area contributed by atoms with Crippen molar-refractivity contribution in [1.29, 1.82) is 0 Å². The van der Waals surface area contributed by atoms with Gasteiger partial charge in [-0.1, -0.05) is 11.6 Å². The van der Waals surface area contributed by atoms with Crippen LogP contribution in [0.2, 0.25) is 5.02 Å². The lowest BCUT2D eigenvalue weighted by molar-refractivity contribution is 0.345. The van der Waals surface area contributed by atoms with Crippen molar-refractivity contribution in [2.24, 2.45) is 17.8 Å².